The first-order chi connectivity index (χ1) is 13.1. The van der Waals surface area contributed by atoms with Gasteiger partial charge in [-0.15, -0.1) is 0 Å². The fourth-order valence-electron chi connectivity index (χ4n) is 3.55. The molecule has 2 N–H and O–H groups in total. The lowest BCUT2D eigenvalue weighted by atomic mass is 9.98. The summed E-state index contributed by atoms with van der Waals surface area (Å²) in [6, 6.07) is 18.8. The molecule has 0 atom stereocenters. The Labute approximate surface area is 162 Å². The van der Waals surface area contributed by atoms with Crippen LogP contribution in [0.25, 0.3) is 10.8 Å². The first-order valence-corrected chi connectivity index (χ1v) is 9.67. The summed E-state index contributed by atoms with van der Waals surface area (Å²) in [5.74, 6) is 2.31. The maximum absolute atomic E-state index is 6.03. The molecule has 0 radical (unpaired) electrons. The van der Waals surface area contributed by atoms with Gasteiger partial charge in [0.05, 0.1) is 0 Å². The van der Waals surface area contributed by atoms with Crippen molar-refractivity contribution < 1.29 is 9.47 Å². The second-order valence-corrected chi connectivity index (χ2v) is 7.17. The van der Waals surface area contributed by atoms with Crippen LogP contribution in [0.5, 0.6) is 11.5 Å². The van der Waals surface area contributed by atoms with Crippen LogP contribution in [0.2, 0.25) is 0 Å². The molecule has 0 aliphatic carbocycles. The molecule has 0 heterocycles. The number of rotatable bonds is 8. The van der Waals surface area contributed by atoms with E-state index in [4.69, 9.17) is 15.2 Å². The highest BCUT2D eigenvalue weighted by Gasteiger charge is 2.09. The fourth-order valence-corrected chi connectivity index (χ4v) is 3.55. The molecule has 0 aliphatic heterocycles. The molecular weight excluding hydrogens is 334 g/mol. The number of aryl methyl sites for hydroxylation is 1. The Balaban J connectivity index is 1.64. The molecule has 3 aromatic rings. The third-order valence-electron chi connectivity index (χ3n) is 4.86. The highest BCUT2D eigenvalue weighted by Crippen LogP contribution is 2.28. The minimum Gasteiger partial charge on any atom is -0.490 e. The summed E-state index contributed by atoms with van der Waals surface area (Å²) in [5.41, 5.74) is 9.62. The van der Waals surface area contributed by atoms with Gasteiger partial charge in [0.25, 0.3) is 0 Å². The average Bonchev–Trinajstić information content (AvgIpc) is 2.66. The molecule has 0 saturated carbocycles. The van der Waals surface area contributed by atoms with Gasteiger partial charge >= 0.3 is 0 Å². The molecule has 0 saturated heterocycles. The molecular formula is C24H29NO2. The van der Waals surface area contributed by atoms with E-state index in [1.807, 2.05) is 12.1 Å². The summed E-state index contributed by atoms with van der Waals surface area (Å²) in [5, 5.41) is 2.42. The molecule has 0 aliphatic rings. The monoisotopic (exact) mass is 363 g/mol. The van der Waals surface area contributed by atoms with E-state index in [0.717, 1.165) is 17.9 Å². The van der Waals surface area contributed by atoms with Gasteiger partial charge in [0.2, 0.25) is 0 Å². The van der Waals surface area contributed by atoms with Crippen LogP contribution in [0.3, 0.4) is 0 Å². The molecule has 3 heteroatoms. The van der Waals surface area contributed by atoms with E-state index in [9.17, 15) is 0 Å². The van der Waals surface area contributed by atoms with Crippen LogP contribution in [0.4, 0.5) is 0 Å². The van der Waals surface area contributed by atoms with Gasteiger partial charge in [0, 0.05) is 5.56 Å². The topological polar surface area (TPSA) is 44.5 Å². The number of ether oxygens (including phenoxy) is 2. The van der Waals surface area contributed by atoms with Crippen LogP contribution in [-0.4, -0.2) is 19.8 Å². The van der Waals surface area contributed by atoms with Gasteiger partial charge in [0.15, 0.2) is 0 Å². The number of hydrogen-bond donors (Lipinski definition) is 1. The quantitative estimate of drug-likeness (QED) is 0.557. The van der Waals surface area contributed by atoms with Crippen molar-refractivity contribution in [3.8, 4) is 11.5 Å². The lowest BCUT2D eigenvalue weighted by Crippen LogP contribution is -2.11. The van der Waals surface area contributed by atoms with Crippen LogP contribution >= 0.6 is 0 Å². The molecule has 0 spiro atoms. The van der Waals surface area contributed by atoms with Crippen LogP contribution in [0.15, 0.2) is 54.6 Å². The smallest absolute Gasteiger partial charge is 0.123 e. The number of benzene rings is 3. The van der Waals surface area contributed by atoms with E-state index in [1.54, 1.807) is 0 Å². The number of hydrogen-bond acceptors (Lipinski definition) is 3. The molecule has 27 heavy (non-hydrogen) atoms. The zero-order valence-electron chi connectivity index (χ0n) is 16.5. The first kappa shape index (κ1) is 19.2. The van der Waals surface area contributed by atoms with Crippen molar-refractivity contribution in [2.75, 3.05) is 19.8 Å². The fraction of sp³-hybridized carbons (Fsp3) is 0.333. The van der Waals surface area contributed by atoms with Crippen molar-refractivity contribution in [1.82, 2.24) is 0 Å². The summed E-state index contributed by atoms with van der Waals surface area (Å²) in [4.78, 5) is 0. The minimum atomic E-state index is 0.501. The normalized spacial score (nSPS) is 11.1. The SMILES string of the molecule is Cc1cc(OCCOc2ccc3ccccc3c2CCN)ccc1C(C)C. The number of nitrogens with two attached hydrogens (primary N) is 1. The minimum absolute atomic E-state index is 0.501. The lowest BCUT2D eigenvalue weighted by Gasteiger charge is -2.15. The van der Waals surface area contributed by atoms with Gasteiger partial charge in [-0.25, -0.2) is 0 Å². The van der Waals surface area contributed by atoms with E-state index in [0.29, 0.717) is 25.7 Å². The second-order valence-electron chi connectivity index (χ2n) is 7.17. The maximum Gasteiger partial charge on any atom is 0.123 e. The Morgan fingerprint density at radius 3 is 2.44 bits per heavy atom. The largest absolute Gasteiger partial charge is 0.490 e. The molecule has 0 unspecified atom stereocenters. The zero-order chi connectivity index (χ0) is 19.2. The molecule has 3 rings (SSSR count). The average molecular weight is 364 g/mol. The van der Waals surface area contributed by atoms with Crippen LogP contribution in [0.1, 0.15) is 36.5 Å². The van der Waals surface area contributed by atoms with Crippen molar-refractivity contribution in [3.63, 3.8) is 0 Å². The molecule has 0 aromatic heterocycles. The predicted molar refractivity (Wildman–Crippen MR) is 113 cm³/mol. The highest BCUT2D eigenvalue weighted by molar-refractivity contribution is 5.87. The van der Waals surface area contributed by atoms with Crippen molar-refractivity contribution >= 4 is 10.8 Å². The highest BCUT2D eigenvalue weighted by atomic mass is 16.5. The molecule has 3 aromatic carbocycles. The Bertz CT molecular complexity index is 902. The van der Waals surface area contributed by atoms with Crippen molar-refractivity contribution in [1.29, 1.82) is 0 Å². The molecule has 0 amide bonds. The third-order valence-corrected chi connectivity index (χ3v) is 4.86. The van der Waals surface area contributed by atoms with Crippen LogP contribution in [0, 0.1) is 6.92 Å². The van der Waals surface area contributed by atoms with Gasteiger partial charge in [0.1, 0.15) is 24.7 Å². The molecule has 3 nitrogen and oxygen atoms in total. The molecule has 0 bridgehead atoms. The summed E-state index contributed by atoms with van der Waals surface area (Å²) in [7, 11) is 0. The summed E-state index contributed by atoms with van der Waals surface area (Å²) in [6.45, 7) is 8.16. The third kappa shape index (κ3) is 4.61. The van der Waals surface area contributed by atoms with Crippen molar-refractivity contribution in [2.24, 2.45) is 5.73 Å². The standard InChI is InChI=1S/C24H29NO2/c1-17(2)21-10-9-20(16-18(21)3)26-14-15-27-24-11-8-19-6-4-5-7-22(19)23(24)12-13-25/h4-11,16-17H,12-15,25H2,1-3H3. The van der Waals surface area contributed by atoms with E-state index in [-0.39, 0.29) is 0 Å². The summed E-state index contributed by atoms with van der Waals surface area (Å²) < 4.78 is 11.9. The zero-order valence-corrected chi connectivity index (χ0v) is 16.5. The van der Waals surface area contributed by atoms with E-state index in [2.05, 4.69) is 63.2 Å². The van der Waals surface area contributed by atoms with Gasteiger partial charge in [-0.3, -0.25) is 0 Å². The van der Waals surface area contributed by atoms with E-state index >= 15 is 0 Å². The first-order valence-electron chi connectivity index (χ1n) is 9.67. The van der Waals surface area contributed by atoms with Gasteiger partial charge < -0.3 is 15.2 Å². The Kier molecular flexibility index (Phi) is 6.36. The second kappa shape index (κ2) is 8.92. The van der Waals surface area contributed by atoms with Crippen molar-refractivity contribution in [2.45, 2.75) is 33.1 Å². The van der Waals surface area contributed by atoms with Crippen molar-refractivity contribution in [3.05, 3.63) is 71.3 Å². The summed E-state index contributed by atoms with van der Waals surface area (Å²) >= 11 is 0. The van der Waals surface area contributed by atoms with Crippen LogP contribution < -0.4 is 15.2 Å². The van der Waals surface area contributed by atoms with Crippen LogP contribution in [-0.2, 0) is 6.42 Å². The lowest BCUT2D eigenvalue weighted by molar-refractivity contribution is 0.216. The Morgan fingerprint density at radius 2 is 1.70 bits per heavy atom. The summed E-state index contributed by atoms with van der Waals surface area (Å²) in [6.07, 6.45) is 0.799. The predicted octanol–water partition coefficient (Wildman–Crippen LogP) is 5.23. The van der Waals surface area contributed by atoms with E-state index in [1.165, 1.54) is 27.5 Å². The Hall–Kier alpha value is -2.52. The maximum atomic E-state index is 6.03. The Morgan fingerprint density at radius 1 is 0.926 bits per heavy atom. The van der Waals surface area contributed by atoms with Gasteiger partial charge in [-0.05, 0) is 65.9 Å². The van der Waals surface area contributed by atoms with Gasteiger partial charge in [-0.2, -0.15) is 0 Å². The van der Waals surface area contributed by atoms with E-state index < -0.39 is 0 Å². The van der Waals surface area contributed by atoms with Gasteiger partial charge in [-0.1, -0.05) is 50.2 Å². The molecule has 0 fully saturated rings. The molecule has 142 valence electrons. The number of fused-ring (bicyclic) bond motifs is 1.